The molecule has 28 heavy (non-hydrogen) atoms. The van der Waals surface area contributed by atoms with Crippen molar-refractivity contribution in [3.8, 4) is 28.6 Å². The van der Waals surface area contributed by atoms with Gasteiger partial charge in [-0.2, -0.15) is 5.10 Å². The number of H-pyrrole nitrogens is 1. The Morgan fingerprint density at radius 1 is 1.29 bits per heavy atom. The van der Waals surface area contributed by atoms with Gasteiger partial charge in [-0.05, 0) is 36.8 Å². The smallest absolute Gasteiger partial charge is 0.311 e. The zero-order valence-electron chi connectivity index (χ0n) is 15.2. The summed E-state index contributed by atoms with van der Waals surface area (Å²) in [6, 6.07) is 8.60. The van der Waals surface area contributed by atoms with E-state index in [1.807, 2.05) is 6.92 Å². The Hall–Kier alpha value is -3.66. The van der Waals surface area contributed by atoms with Gasteiger partial charge in [0, 0.05) is 11.6 Å². The van der Waals surface area contributed by atoms with E-state index in [1.165, 1.54) is 25.3 Å². The fraction of sp³-hybridized carbons (Fsp3) is 0.222. The number of hydrogen-bond acceptors (Lipinski definition) is 8. The number of nitro groups is 1. The van der Waals surface area contributed by atoms with Crippen molar-refractivity contribution in [3.63, 3.8) is 0 Å². The maximum absolute atomic E-state index is 11.0. The number of hydrogen-bond donors (Lipinski definition) is 3. The van der Waals surface area contributed by atoms with Gasteiger partial charge in [0.15, 0.2) is 23.1 Å². The Morgan fingerprint density at radius 3 is 2.75 bits per heavy atom. The summed E-state index contributed by atoms with van der Waals surface area (Å²) in [5.74, 6) is 1.32. The molecule has 0 unspecified atom stereocenters. The maximum Gasteiger partial charge on any atom is 0.311 e. The summed E-state index contributed by atoms with van der Waals surface area (Å²) in [6.07, 6.45) is 0. The summed E-state index contributed by atoms with van der Waals surface area (Å²) in [5.41, 5.74) is 6.95. The van der Waals surface area contributed by atoms with Crippen molar-refractivity contribution in [1.29, 1.82) is 0 Å². The van der Waals surface area contributed by atoms with Crippen LogP contribution in [0.3, 0.4) is 0 Å². The highest BCUT2D eigenvalue weighted by molar-refractivity contribution is 5.63. The molecule has 146 valence electrons. The van der Waals surface area contributed by atoms with Crippen molar-refractivity contribution >= 4 is 5.69 Å². The molecule has 1 aromatic heterocycles. The molecule has 0 amide bonds. The Morgan fingerprint density at radius 2 is 2.07 bits per heavy atom. The molecule has 1 atom stereocenters. The van der Waals surface area contributed by atoms with Gasteiger partial charge >= 0.3 is 5.69 Å². The molecule has 1 heterocycles. The van der Waals surface area contributed by atoms with Crippen molar-refractivity contribution in [3.05, 3.63) is 57.9 Å². The zero-order chi connectivity index (χ0) is 20.3. The Balaban J connectivity index is 1.90. The third-order valence-electron chi connectivity index (χ3n) is 4.07. The number of methoxy groups -OCH3 is 1. The Bertz CT molecular complexity index is 1000. The molecule has 0 fully saturated rings. The lowest BCUT2D eigenvalue weighted by Crippen LogP contribution is -2.14. The van der Waals surface area contributed by atoms with Crippen molar-refractivity contribution < 1.29 is 19.5 Å². The number of nitrogens with two attached hydrogens (primary N) is 1. The lowest BCUT2D eigenvalue weighted by Gasteiger charge is -2.13. The van der Waals surface area contributed by atoms with Gasteiger partial charge < -0.3 is 20.3 Å². The average Bonchev–Trinajstić information content (AvgIpc) is 3.18. The number of phenolic OH excluding ortho intramolecular Hbond substituents is 1. The topological polar surface area (TPSA) is 149 Å². The van der Waals surface area contributed by atoms with E-state index in [0.717, 1.165) is 5.56 Å². The number of aromatic nitrogens is 3. The van der Waals surface area contributed by atoms with Crippen LogP contribution < -0.4 is 15.2 Å². The molecule has 2 aromatic carbocycles. The van der Waals surface area contributed by atoms with E-state index in [9.17, 15) is 15.2 Å². The standard InChI is InChI=1S/C18H19N5O5/c1-3-28-14-7-5-10(9-15(14)27-2)16(19)18-20-17(21-22-18)11-4-6-13(24)12(8-11)23(25)26/h4-9,16,24H,3,19H2,1-2H3,(H,20,21,22)/t16-/m0/s1. The van der Waals surface area contributed by atoms with Crippen LogP contribution in [0, 0.1) is 10.1 Å². The summed E-state index contributed by atoms with van der Waals surface area (Å²) in [7, 11) is 1.54. The predicted molar refractivity (Wildman–Crippen MR) is 100 cm³/mol. The van der Waals surface area contributed by atoms with E-state index in [1.54, 1.807) is 18.2 Å². The highest BCUT2D eigenvalue weighted by Crippen LogP contribution is 2.32. The molecule has 3 aromatic rings. The maximum atomic E-state index is 11.0. The SMILES string of the molecule is CCOc1ccc([C@H](N)c2nc(-c3ccc(O)c([N+](=O)[O-])c3)n[nH]2)cc1OC. The van der Waals surface area contributed by atoms with Crippen LogP contribution in [0.4, 0.5) is 5.69 Å². The fourth-order valence-corrected chi connectivity index (χ4v) is 2.66. The first-order valence-corrected chi connectivity index (χ1v) is 8.41. The predicted octanol–water partition coefficient (Wildman–Crippen LogP) is 2.54. The van der Waals surface area contributed by atoms with Gasteiger partial charge in [-0.1, -0.05) is 6.07 Å². The van der Waals surface area contributed by atoms with Crippen LogP contribution in [0.25, 0.3) is 11.4 Å². The molecule has 0 aliphatic rings. The van der Waals surface area contributed by atoms with Crippen LogP contribution in [-0.4, -0.2) is 38.9 Å². The van der Waals surface area contributed by atoms with E-state index in [4.69, 9.17) is 15.2 Å². The van der Waals surface area contributed by atoms with Gasteiger partial charge in [0.2, 0.25) is 0 Å². The van der Waals surface area contributed by atoms with E-state index in [0.29, 0.717) is 29.5 Å². The van der Waals surface area contributed by atoms with E-state index in [2.05, 4.69) is 15.2 Å². The van der Waals surface area contributed by atoms with Crippen LogP contribution in [-0.2, 0) is 0 Å². The third kappa shape index (κ3) is 3.71. The summed E-state index contributed by atoms with van der Waals surface area (Å²) < 4.78 is 10.8. The van der Waals surface area contributed by atoms with E-state index >= 15 is 0 Å². The van der Waals surface area contributed by atoms with Crippen LogP contribution in [0.5, 0.6) is 17.2 Å². The van der Waals surface area contributed by atoms with Gasteiger partial charge in [0.1, 0.15) is 5.82 Å². The monoisotopic (exact) mass is 385 g/mol. The molecule has 0 aliphatic carbocycles. The summed E-state index contributed by atoms with van der Waals surface area (Å²) in [6.45, 7) is 2.38. The van der Waals surface area contributed by atoms with Crippen LogP contribution in [0.15, 0.2) is 36.4 Å². The lowest BCUT2D eigenvalue weighted by molar-refractivity contribution is -0.385. The number of nitrogens with one attached hydrogen (secondary N) is 1. The Labute approximate surface area is 160 Å². The molecule has 0 radical (unpaired) electrons. The second-order valence-electron chi connectivity index (χ2n) is 5.83. The van der Waals surface area contributed by atoms with Crippen molar-refractivity contribution in [2.75, 3.05) is 13.7 Å². The minimum absolute atomic E-state index is 0.228. The normalized spacial score (nSPS) is 11.8. The minimum Gasteiger partial charge on any atom is -0.502 e. The lowest BCUT2D eigenvalue weighted by atomic mass is 10.1. The number of rotatable bonds is 7. The van der Waals surface area contributed by atoms with Crippen molar-refractivity contribution in [2.24, 2.45) is 5.73 Å². The van der Waals surface area contributed by atoms with Crippen molar-refractivity contribution in [1.82, 2.24) is 15.2 Å². The van der Waals surface area contributed by atoms with Gasteiger partial charge in [0.05, 0.1) is 24.7 Å². The number of nitro benzene ring substituents is 1. The molecule has 0 spiro atoms. The second-order valence-corrected chi connectivity index (χ2v) is 5.83. The summed E-state index contributed by atoms with van der Waals surface area (Å²) in [4.78, 5) is 14.6. The average molecular weight is 385 g/mol. The fourth-order valence-electron chi connectivity index (χ4n) is 2.66. The van der Waals surface area contributed by atoms with Crippen molar-refractivity contribution in [2.45, 2.75) is 13.0 Å². The highest BCUT2D eigenvalue weighted by atomic mass is 16.6. The third-order valence-corrected chi connectivity index (χ3v) is 4.07. The first kappa shape index (κ1) is 19.1. The minimum atomic E-state index is -0.676. The number of benzene rings is 2. The summed E-state index contributed by atoms with van der Waals surface area (Å²) in [5, 5.41) is 27.4. The summed E-state index contributed by atoms with van der Waals surface area (Å²) >= 11 is 0. The van der Waals surface area contributed by atoms with Crippen LogP contribution in [0.2, 0.25) is 0 Å². The molecule has 10 heteroatoms. The molecular formula is C18H19N5O5. The molecule has 4 N–H and O–H groups in total. The number of aromatic amines is 1. The van der Waals surface area contributed by atoms with Gasteiger partial charge in [0.25, 0.3) is 0 Å². The number of ether oxygens (including phenoxy) is 2. The molecular weight excluding hydrogens is 366 g/mol. The van der Waals surface area contributed by atoms with Gasteiger partial charge in [-0.25, -0.2) is 4.98 Å². The molecule has 0 saturated heterocycles. The Kier molecular flexibility index (Phi) is 5.41. The van der Waals surface area contributed by atoms with E-state index < -0.39 is 22.4 Å². The van der Waals surface area contributed by atoms with E-state index in [-0.39, 0.29) is 5.82 Å². The highest BCUT2D eigenvalue weighted by Gasteiger charge is 2.19. The number of phenols is 1. The number of nitrogens with zero attached hydrogens (tertiary/aromatic N) is 3. The van der Waals surface area contributed by atoms with Crippen LogP contribution >= 0.6 is 0 Å². The number of aromatic hydroxyl groups is 1. The first-order valence-electron chi connectivity index (χ1n) is 8.41. The van der Waals surface area contributed by atoms with Gasteiger partial charge in [-0.3, -0.25) is 15.2 Å². The zero-order valence-corrected chi connectivity index (χ0v) is 15.2. The molecule has 0 bridgehead atoms. The molecule has 3 rings (SSSR count). The molecule has 10 nitrogen and oxygen atoms in total. The molecule has 0 aliphatic heterocycles. The van der Waals surface area contributed by atoms with Gasteiger partial charge in [-0.15, -0.1) is 0 Å². The quantitative estimate of drug-likeness (QED) is 0.415. The largest absolute Gasteiger partial charge is 0.502 e. The first-order chi connectivity index (χ1) is 13.4. The van der Waals surface area contributed by atoms with Crippen LogP contribution in [0.1, 0.15) is 24.4 Å². The second kappa shape index (κ2) is 7.92. The molecule has 0 saturated carbocycles.